The zero-order chi connectivity index (χ0) is 10.7. The van der Waals surface area contributed by atoms with Gasteiger partial charge in [-0.2, -0.15) is 4.98 Å². The van der Waals surface area contributed by atoms with Crippen LogP contribution in [0, 0.1) is 0 Å². The molecule has 0 saturated carbocycles. The zero-order valence-corrected chi connectivity index (χ0v) is 8.02. The molecule has 14 heavy (non-hydrogen) atoms. The van der Waals surface area contributed by atoms with E-state index in [1.807, 2.05) is 13.8 Å². The Labute approximate surface area is 81.5 Å². The van der Waals surface area contributed by atoms with Crippen molar-refractivity contribution in [3.05, 3.63) is 17.7 Å². The van der Waals surface area contributed by atoms with E-state index in [1.54, 1.807) is 0 Å². The second-order valence-electron chi connectivity index (χ2n) is 3.05. The highest BCUT2D eigenvalue weighted by atomic mass is 16.5. The predicted octanol–water partition coefficient (Wildman–Crippen LogP) is 1.15. The summed E-state index contributed by atoms with van der Waals surface area (Å²) in [6, 6.07) is 2.86. The van der Waals surface area contributed by atoms with Crippen LogP contribution in [0.15, 0.2) is 12.1 Å². The van der Waals surface area contributed by atoms with Crippen LogP contribution in [0.1, 0.15) is 24.2 Å². The lowest BCUT2D eigenvalue weighted by Gasteiger charge is -2.09. The SMILES string of the molecule is CC(C)Oc1ccc(C(=O)O)c(N)n1. The molecular weight excluding hydrogens is 184 g/mol. The van der Waals surface area contributed by atoms with Crippen LogP contribution in [0.2, 0.25) is 0 Å². The van der Waals surface area contributed by atoms with Crippen LogP contribution >= 0.6 is 0 Å². The highest BCUT2D eigenvalue weighted by Gasteiger charge is 2.10. The summed E-state index contributed by atoms with van der Waals surface area (Å²) in [4.78, 5) is 14.4. The number of ether oxygens (including phenoxy) is 1. The Morgan fingerprint density at radius 2 is 2.21 bits per heavy atom. The minimum absolute atomic E-state index is 0.0129. The summed E-state index contributed by atoms with van der Waals surface area (Å²) in [5.74, 6) is -0.788. The average molecular weight is 196 g/mol. The van der Waals surface area contributed by atoms with Gasteiger partial charge in [0.1, 0.15) is 11.4 Å². The van der Waals surface area contributed by atoms with Gasteiger partial charge in [-0.1, -0.05) is 0 Å². The third-order valence-electron chi connectivity index (χ3n) is 1.49. The number of rotatable bonds is 3. The van der Waals surface area contributed by atoms with Crippen LogP contribution in [0.3, 0.4) is 0 Å². The molecule has 0 aliphatic rings. The molecule has 0 radical (unpaired) electrons. The molecule has 0 bridgehead atoms. The number of nitrogens with two attached hydrogens (primary N) is 1. The minimum Gasteiger partial charge on any atom is -0.478 e. The summed E-state index contributed by atoms with van der Waals surface area (Å²) in [6.45, 7) is 3.70. The van der Waals surface area contributed by atoms with Gasteiger partial charge in [0.2, 0.25) is 5.88 Å². The fraction of sp³-hybridized carbons (Fsp3) is 0.333. The van der Waals surface area contributed by atoms with Gasteiger partial charge in [-0.05, 0) is 19.9 Å². The Balaban J connectivity index is 2.94. The number of pyridine rings is 1. The van der Waals surface area contributed by atoms with E-state index in [0.29, 0.717) is 5.88 Å². The van der Waals surface area contributed by atoms with Crippen molar-refractivity contribution >= 4 is 11.8 Å². The van der Waals surface area contributed by atoms with E-state index < -0.39 is 5.97 Å². The first-order valence-corrected chi connectivity index (χ1v) is 4.17. The van der Waals surface area contributed by atoms with Gasteiger partial charge in [-0.25, -0.2) is 4.79 Å². The first kappa shape index (κ1) is 10.3. The van der Waals surface area contributed by atoms with Crippen molar-refractivity contribution in [1.29, 1.82) is 0 Å². The van der Waals surface area contributed by atoms with Crippen molar-refractivity contribution in [1.82, 2.24) is 4.98 Å². The van der Waals surface area contributed by atoms with Gasteiger partial charge >= 0.3 is 5.97 Å². The van der Waals surface area contributed by atoms with Crippen molar-refractivity contribution in [3.63, 3.8) is 0 Å². The third kappa shape index (κ3) is 2.35. The Kier molecular flexibility index (Phi) is 2.91. The summed E-state index contributed by atoms with van der Waals surface area (Å²) >= 11 is 0. The molecule has 1 rings (SSSR count). The minimum atomic E-state index is -1.09. The highest BCUT2D eigenvalue weighted by Crippen LogP contribution is 2.15. The van der Waals surface area contributed by atoms with E-state index in [9.17, 15) is 4.79 Å². The number of aromatic carboxylic acids is 1. The molecule has 0 spiro atoms. The lowest BCUT2D eigenvalue weighted by atomic mass is 10.2. The van der Waals surface area contributed by atoms with Crippen LogP contribution in [0.5, 0.6) is 5.88 Å². The average Bonchev–Trinajstić information content (AvgIpc) is 2.01. The largest absolute Gasteiger partial charge is 0.478 e. The molecule has 5 heteroatoms. The molecule has 0 unspecified atom stereocenters. The number of carboxylic acid groups (broad SMARTS) is 1. The van der Waals surface area contributed by atoms with E-state index in [-0.39, 0.29) is 17.5 Å². The van der Waals surface area contributed by atoms with Gasteiger partial charge in [-0.3, -0.25) is 0 Å². The number of anilines is 1. The van der Waals surface area contributed by atoms with E-state index >= 15 is 0 Å². The lowest BCUT2D eigenvalue weighted by Crippen LogP contribution is -2.10. The molecule has 1 aromatic rings. The van der Waals surface area contributed by atoms with Gasteiger partial charge < -0.3 is 15.6 Å². The number of nitrogens with zero attached hydrogens (tertiary/aromatic N) is 1. The van der Waals surface area contributed by atoms with Gasteiger partial charge in [-0.15, -0.1) is 0 Å². The molecule has 0 aliphatic carbocycles. The first-order chi connectivity index (χ1) is 6.50. The number of nitrogen functional groups attached to an aromatic ring is 1. The standard InChI is InChI=1S/C9H12N2O3/c1-5(2)14-7-4-3-6(9(12)13)8(10)11-7/h3-5H,1-2H3,(H2,10,11)(H,12,13). The van der Waals surface area contributed by atoms with Crippen LogP contribution in [-0.2, 0) is 0 Å². The topological polar surface area (TPSA) is 85.4 Å². The number of carbonyl (C=O) groups is 1. The number of carboxylic acids is 1. The maximum absolute atomic E-state index is 10.6. The molecular formula is C9H12N2O3. The first-order valence-electron chi connectivity index (χ1n) is 4.17. The van der Waals surface area contributed by atoms with Gasteiger partial charge in [0.05, 0.1) is 6.10 Å². The van der Waals surface area contributed by atoms with E-state index in [2.05, 4.69) is 4.98 Å². The van der Waals surface area contributed by atoms with Crippen LogP contribution in [0.25, 0.3) is 0 Å². The van der Waals surface area contributed by atoms with Crippen molar-refractivity contribution < 1.29 is 14.6 Å². The van der Waals surface area contributed by atoms with E-state index in [1.165, 1.54) is 12.1 Å². The normalized spacial score (nSPS) is 10.2. The van der Waals surface area contributed by atoms with Gasteiger partial charge in [0.25, 0.3) is 0 Å². The molecule has 0 aromatic carbocycles. The van der Waals surface area contributed by atoms with Crippen molar-refractivity contribution in [2.75, 3.05) is 5.73 Å². The third-order valence-corrected chi connectivity index (χ3v) is 1.49. The quantitative estimate of drug-likeness (QED) is 0.757. The van der Waals surface area contributed by atoms with E-state index in [0.717, 1.165) is 0 Å². The number of hydrogen-bond acceptors (Lipinski definition) is 4. The Morgan fingerprint density at radius 1 is 1.57 bits per heavy atom. The molecule has 1 aromatic heterocycles. The molecule has 3 N–H and O–H groups in total. The molecule has 76 valence electrons. The fourth-order valence-electron chi connectivity index (χ4n) is 0.944. The molecule has 0 saturated heterocycles. The molecule has 0 atom stereocenters. The van der Waals surface area contributed by atoms with Crippen molar-refractivity contribution in [2.45, 2.75) is 20.0 Å². The van der Waals surface area contributed by atoms with Crippen LogP contribution < -0.4 is 10.5 Å². The summed E-state index contributed by atoms with van der Waals surface area (Å²) in [7, 11) is 0. The summed E-state index contributed by atoms with van der Waals surface area (Å²) < 4.78 is 5.25. The van der Waals surface area contributed by atoms with Crippen LogP contribution in [0.4, 0.5) is 5.82 Å². The predicted molar refractivity (Wildman–Crippen MR) is 51.4 cm³/mol. The lowest BCUT2D eigenvalue weighted by molar-refractivity contribution is 0.0697. The zero-order valence-electron chi connectivity index (χ0n) is 8.02. The smallest absolute Gasteiger partial charge is 0.339 e. The molecule has 5 nitrogen and oxygen atoms in total. The monoisotopic (exact) mass is 196 g/mol. The van der Waals surface area contributed by atoms with Crippen molar-refractivity contribution in [3.8, 4) is 5.88 Å². The molecule has 0 aliphatic heterocycles. The maximum atomic E-state index is 10.6. The van der Waals surface area contributed by atoms with E-state index in [4.69, 9.17) is 15.6 Å². The number of hydrogen-bond donors (Lipinski definition) is 2. The van der Waals surface area contributed by atoms with Crippen LogP contribution in [-0.4, -0.2) is 22.2 Å². The molecule has 0 amide bonds. The fourth-order valence-corrected chi connectivity index (χ4v) is 0.944. The van der Waals surface area contributed by atoms with Gasteiger partial charge in [0.15, 0.2) is 0 Å². The Hall–Kier alpha value is -1.78. The van der Waals surface area contributed by atoms with Crippen molar-refractivity contribution in [2.24, 2.45) is 0 Å². The highest BCUT2D eigenvalue weighted by molar-refractivity contribution is 5.92. The summed E-state index contributed by atoms with van der Waals surface area (Å²) in [5.41, 5.74) is 5.41. The maximum Gasteiger partial charge on any atom is 0.339 e. The Morgan fingerprint density at radius 3 is 2.64 bits per heavy atom. The molecule has 1 heterocycles. The molecule has 0 fully saturated rings. The Bertz CT molecular complexity index is 350. The number of aromatic nitrogens is 1. The second-order valence-corrected chi connectivity index (χ2v) is 3.05. The second kappa shape index (κ2) is 3.95. The summed E-state index contributed by atoms with van der Waals surface area (Å²) in [5, 5.41) is 8.68. The summed E-state index contributed by atoms with van der Waals surface area (Å²) in [6.07, 6.45) is -0.0161. The van der Waals surface area contributed by atoms with Gasteiger partial charge in [0, 0.05) is 6.07 Å².